The van der Waals surface area contributed by atoms with E-state index in [0.29, 0.717) is 10.9 Å². The summed E-state index contributed by atoms with van der Waals surface area (Å²) in [6.45, 7) is 2.16. The fourth-order valence-electron chi connectivity index (χ4n) is 4.39. The second-order valence-electron chi connectivity index (χ2n) is 9.29. The van der Waals surface area contributed by atoms with E-state index < -0.39 is 29.6 Å². The highest BCUT2D eigenvalue weighted by Crippen LogP contribution is 2.30. The highest BCUT2D eigenvalue weighted by atomic mass is 19.4. The minimum absolute atomic E-state index is 0.0326. The number of rotatable bonds is 10. The van der Waals surface area contributed by atoms with Crippen molar-refractivity contribution in [3.05, 3.63) is 106 Å². The van der Waals surface area contributed by atoms with Crippen molar-refractivity contribution >= 4 is 10.8 Å². The van der Waals surface area contributed by atoms with Crippen LogP contribution >= 0.6 is 0 Å². The number of benzene rings is 3. The summed E-state index contributed by atoms with van der Waals surface area (Å²) in [4.78, 5) is 4.55. The lowest BCUT2D eigenvalue weighted by Gasteiger charge is -2.12. The Kier molecular flexibility index (Phi) is 8.59. The van der Waals surface area contributed by atoms with Crippen molar-refractivity contribution < 1.29 is 31.1 Å². The van der Waals surface area contributed by atoms with Gasteiger partial charge in [-0.3, -0.25) is 4.98 Å². The van der Waals surface area contributed by atoms with Crippen LogP contribution in [0.4, 0.5) is 26.3 Å². The zero-order chi connectivity index (χ0) is 27.3. The van der Waals surface area contributed by atoms with Gasteiger partial charge in [-0.25, -0.2) is 13.2 Å². The molecular formula is C30H27F6NO. The van der Waals surface area contributed by atoms with Crippen LogP contribution < -0.4 is 4.74 Å². The molecule has 0 bridgehead atoms. The van der Waals surface area contributed by atoms with Crippen LogP contribution in [0.5, 0.6) is 5.75 Å². The molecule has 0 atom stereocenters. The van der Waals surface area contributed by atoms with Crippen LogP contribution in [0.2, 0.25) is 0 Å². The standard InChI is InChI=1S/C30H27F6NO/c1-2-3-4-20-7-13-24(37-18-20)12-6-19-8-14-25-23(15-19)11-10-22(28(25)33)9-5-21-16-26(31)29(27(32)17-21)38-30(34,35)36/h7-8,10-11,13-18H,2-6,9,12H2,1H3. The molecule has 0 unspecified atom stereocenters. The average Bonchev–Trinajstić information content (AvgIpc) is 2.88. The summed E-state index contributed by atoms with van der Waals surface area (Å²) in [5.74, 6) is -4.87. The molecule has 0 aliphatic rings. The van der Waals surface area contributed by atoms with E-state index >= 15 is 4.39 Å². The molecule has 0 saturated carbocycles. The molecule has 8 heteroatoms. The van der Waals surface area contributed by atoms with Crippen molar-refractivity contribution in [2.24, 2.45) is 0 Å². The second-order valence-corrected chi connectivity index (χ2v) is 9.29. The van der Waals surface area contributed by atoms with Crippen molar-refractivity contribution in [2.75, 3.05) is 0 Å². The van der Waals surface area contributed by atoms with E-state index in [1.807, 2.05) is 24.4 Å². The van der Waals surface area contributed by atoms with E-state index in [4.69, 9.17) is 0 Å². The minimum Gasteiger partial charge on any atom is -0.399 e. The molecule has 1 aromatic heterocycles. The molecule has 0 saturated heterocycles. The van der Waals surface area contributed by atoms with Crippen molar-refractivity contribution in [1.29, 1.82) is 0 Å². The SMILES string of the molecule is CCCCc1ccc(CCc2ccc3c(F)c(CCc4cc(F)c(OC(F)(F)F)c(F)c4)ccc3c2)nc1. The van der Waals surface area contributed by atoms with Gasteiger partial charge in [0.1, 0.15) is 5.82 Å². The summed E-state index contributed by atoms with van der Waals surface area (Å²) in [5.41, 5.74) is 3.71. The van der Waals surface area contributed by atoms with Gasteiger partial charge in [-0.15, -0.1) is 13.2 Å². The quantitative estimate of drug-likeness (QED) is 0.192. The molecule has 1 heterocycles. The van der Waals surface area contributed by atoms with E-state index in [2.05, 4.69) is 22.7 Å². The number of hydrogen-bond donors (Lipinski definition) is 0. The molecule has 2 nitrogen and oxygen atoms in total. The van der Waals surface area contributed by atoms with Gasteiger partial charge in [-0.1, -0.05) is 49.7 Å². The maximum absolute atomic E-state index is 15.2. The number of halogens is 6. The fraction of sp³-hybridized carbons (Fsp3) is 0.300. The van der Waals surface area contributed by atoms with Gasteiger partial charge in [0.25, 0.3) is 0 Å². The Balaban J connectivity index is 1.41. The van der Waals surface area contributed by atoms with E-state index in [9.17, 15) is 22.0 Å². The third kappa shape index (κ3) is 7.05. The highest BCUT2D eigenvalue weighted by molar-refractivity contribution is 5.84. The molecule has 0 amide bonds. The number of nitrogens with zero attached hydrogens (tertiary/aromatic N) is 1. The summed E-state index contributed by atoms with van der Waals surface area (Å²) in [7, 11) is 0. The number of pyridine rings is 1. The first kappa shape index (κ1) is 27.5. The Bertz CT molecular complexity index is 1380. The molecule has 0 N–H and O–H groups in total. The van der Waals surface area contributed by atoms with E-state index in [0.717, 1.165) is 60.9 Å². The maximum Gasteiger partial charge on any atom is 0.573 e. The van der Waals surface area contributed by atoms with Gasteiger partial charge in [-0.05, 0) is 84.4 Å². The second kappa shape index (κ2) is 11.9. The van der Waals surface area contributed by atoms with E-state index in [1.165, 1.54) is 5.56 Å². The van der Waals surface area contributed by atoms with Gasteiger partial charge in [0.2, 0.25) is 5.75 Å². The lowest BCUT2D eigenvalue weighted by atomic mass is 9.97. The fourth-order valence-corrected chi connectivity index (χ4v) is 4.39. The van der Waals surface area contributed by atoms with Crippen molar-refractivity contribution in [3.8, 4) is 5.75 Å². The number of aryl methyl sites for hydroxylation is 5. The Morgan fingerprint density at radius 3 is 2.11 bits per heavy atom. The summed E-state index contributed by atoms with van der Waals surface area (Å²) in [5, 5.41) is 1.16. The first-order valence-electron chi connectivity index (χ1n) is 12.5. The van der Waals surface area contributed by atoms with E-state index in [-0.39, 0.29) is 18.4 Å². The minimum atomic E-state index is -5.21. The Labute approximate surface area is 217 Å². The number of fused-ring (bicyclic) bond motifs is 1. The number of hydrogen-bond acceptors (Lipinski definition) is 2. The first-order chi connectivity index (χ1) is 18.1. The first-order valence-corrected chi connectivity index (χ1v) is 12.5. The number of aromatic nitrogens is 1. The molecule has 0 fully saturated rings. The third-order valence-electron chi connectivity index (χ3n) is 6.43. The van der Waals surface area contributed by atoms with Crippen LogP contribution in [-0.2, 0) is 32.1 Å². The molecule has 0 aliphatic carbocycles. The number of ether oxygens (including phenoxy) is 1. The molecule has 0 spiro atoms. The zero-order valence-electron chi connectivity index (χ0n) is 20.8. The van der Waals surface area contributed by atoms with Crippen molar-refractivity contribution in [2.45, 2.75) is 58.2 Å². The summed E-state index contributed by atoms with van der Waals surface area (Å²) >= 11 is 0. The summed E-state index contributed by atoms with van der Waals surface area (Å²) in [6.07, 6.45) is 1.69. The summed E-state index contributed by atoms with van der Waals surface area (Å²) < 4.78 is 83.6. The Hall–Kier alpha value is -3.55. The van der Waals surface area contributed by atoms with Crippen molar-refractivity contribution in [1.82, 2.24) is 4.98 Å². The lowest BCUT2D eigenvalue weighted by molar-refractivity contribution is -0.276. The van der Waals surface area contributed by atoms with Crippen LogP contribution in [0.25, 0.3) is 10.8 Å². The van der Waals surface area contributed by atoms with Gasteiger partial charge < -0.3 is 4.74 Å². The molecule has 4 aromatic rings. The molecule has 200 valence electrons. The number of alkyl halides is 3. The predicted octanol–water partition coefficient (Wildman–Crippen LogP) is 8.46. The highest BCUT2D eigenvalue weighted by Gasteiger charge is 2.34. The van der Waals surface area contributed by atoms with E-state index in [1.54, 1.807) is 18.2 Å². The van der Waals surface area contributed by atoms with Gasteiger partial charge in [0.15, 0.2) is 11.6 Å². The Morgan fingerprint density at radius 2 is 1.45 bits per heavy atom. The summed E-state index contributed by atoms with van der Waals surface area (Å²) in [6, 6.07) is 14.6. The van der Waals surface area contributed by atoms with Gasteiger partial charge >= 0.3 is 6.36 Å². The zero-order valence-corrected chi connectivity index (χ0v) is 20.8. The van der Waals surface area contributed by atoms with Crippen LogP contribution in [0.3, 0.4) is 0 Å². The average molecular weight is 532 g/mol. The van der Waals surface area contributed by atoms with Crippen LogP contribution in [0.1, 0.15) is 47.7 Å². The molecule has 0 radical (unpaired) electrons. The van der Waals surface area contributed by atoms with Crippen LogP contribution in [-0.4, -0.2) is 11.3 Å². The van der Waals surface area contributed by atoms with Crippen LogP contribution in [0.15, 0.2) is 60.8 Å². The molecule has 4 rings (SSSR count). The molecule has 3 aromatic carbocycles. The van der Waals surface area contributed by atoms with Gasteiger partial charge in [0, 0.05) is 17.3 Å². The lowest BCUT2D eigenvalue weighted by Crippen LogP contribution is -2.19. The normalized spacial score (nSPS) is 11.8. The van der Waals surface area contributed by atoms with Gasteiger partial charge in [0.05, 0.1) is 0 Å². The van der Waals surface area contributed by atoms with Crippen LogP contribution in [0, 0.1) is 17.5 Å². The maximum atomic E-state index is 15.2. The largest absolute Gasteiger partial charge is 0.573 e. The smallest absolute Gasteiger partial charge is 0.399 e. The molecule has 0 aliphatic heterocycles. The third-order valence-corrected chi connectivity index (χ3v) is 6.43. The monoisotopic (exact) mass is 531 g/mol. The van der Waals surface area contributed by atoms with Crippen molar-refractivity contribution in [3.63, 3.8) is 0 Å². The number of unbranched alkanes of at least 4 members (excludes halogenated alkanes) is 1. The molecule has 38 heavy (non-hydrogen) atoms. The van der Waals surface area contributed by atoms with Gasteiger partial charge in [-0.2, -0.15) is 0 Å². The predicted molar refractivity (Wildman–Crippen MR) is 135 cm³/mol. The Morgan fingerprint density at radius 1 is 0.737 bits per heavy atom. The topological polar surface area (TPSA) is 22.1 Å². The molecular weight excluding hydrogens is 504 g/mol.